The fourth-order valence-corrected chi connectivity index (χ4v) is 3.94. The molecule has 3 rings (SSSR count). The predicted molar refractivity (Wildman–Crippen MR) is 95.1 cm³/mol. The Bertz CT molecular complexity index is 599. The van der Waals surface area contributed by atoms with Crippen molar-refractivity contribution in [3.63, 3.8) is 0 Å². The minimum absolute atomic E-state index is 0.00413. The summed E-state index contributed by atoms with van der Waals surface area (Å²) in [4.78, 5) is 29.2. The summed E-state index contributed by atoms with van der Waals surface area (Å²) in [5.74, 6) is 0.505. The molecule has 130 valence electrons. The molecule has 2 fully saturated rings. The van der Waals surface area contributed by atoms with Gasteiger partial charge in [0.1, 0.15) is 0 Å². The van der Waals surface area contributed by atoms with Crippen molar-refractivity contribution >= 4 is 23.4 Å². The van der Waals surface area contributed by atoms with E-state index in [1.165, 1.54) is 19.3 Å². The zero-order valence-electron chi connectivity index (χ0n) is 14.0. The van der Waals surface area contributed by atoms with Crippen molar-refractivity contribution in [2.24, 2.45) is 5.92 Å². The van der Waals surface area contributed by atoms with Gasteiger partial charge in [-0.1, -0.05) is 36.9 Å². The molecule has 4 nitrogen and oxygen atoms in total. The van der Waals surface area contributed by atoms with Gasteiger partial charge < -0.3 is 9.80 Å². The van der Waals surface area contributed by atoms with Crippen molar-refractivity contribution in [2.75, 3.05) is 26.2 Å². The zero-order valence-corrected chi connectivity index (χ0v) is 14.8. The van der Waals surface area contributed by atoms with Crippen LogP contribution in [0.3, 0.4) is 0 Å². The van der Waals surface area contributed by atoms with E-state index < -0.39 is 0 Å². The molecule has 1 aromatic rings. The minimum atomic E-state index is 0.00413. The van der Waals surface area contributed by atoms with Gasteiger partial charge in [-0.25, -0.2) is 0 Å². The maximum Gasteiger partial charge on any atom is 0.253 e. The number of halogens is 1. The summed E-state index contributed by atoms with van der Waals surface area (Å²) in [5.41, 5.74) is 0.620. The highest BCUT2D eigenvalue weighted by Crippen LogP contribution is 2.26. The molecule has 1 heterocycles. The van der Waals surface area contributed by atoms with Crippen molar-refractivity contribution in [3.8, 4) is 0 Å². The maximum atomic E-state index is 12.7. The van der Waals surface area contributed by atoms with Crippen LogP contribution in [0, 0.1) is 5.92 Å². The first-order chi connectivity index (χ1) is 11.6. The number of carbonyl (C=O) groups excluding carboxylic acids is 2. The summed E-state index contributed by atoms with van der Waals surface area (Å²) in [6.07, 6.45) is 6.49. The van der Waals surface area contributed by atoms with Crippen LogP contribution in [0.5, 0.6) is 0 Å². The number of carbonyl (C=O) groups is 2. The molecule has 0 atom stereocenters. The Balaban J connectivity index is 1.60. The lowest BCUT2D eigenvalue weighted by Crippen LogP contribution is -2.40. The van der Waals surface area contributed by atoms with Gasteiger partial charge in [-0.15, -0.1) is 0 Å². The number of nitrogens with zero attached hydrogens (tertiary/aromatic N) is 2. The molecule has 24 heavy (non-hydrogen) atoms. The molecule has 0 radical (unpaired) electrons. The average Bonchev–Trinajstić information content (AvgIpc) is 2.87. The minimum Gasteiger partial charge on any atom is -0.341 e. The maximum absolute atomic E-state index is 12.7. The summed E-state index contributed by atoms with van der Waals surface area (Å²) in [6.45, 7) is 2.69. The van der Waals surface area contributed by atoms with E-state index in [4.69, 9.17) is 11.6 Å². The molecule has 0 N–H and O–H groups in total. The van der Waals surface area contributed by atoms with Crippen molar-refractivity contribution in [1.82, 2.24) is 9.80 Å². The van der Waals surface area contributed by atoms with E-state index >= 15 is 0 Å². The molecule has 1 aliphatic heterocycles. The molecule has 0 spiro atoms. The quantitative estimate of drug-likeness (QED) is 0.819. The first kappa shape index (κ1) is 17.3. The van der Waals surface area contributed by atoms with Crippen LogP contribution in [-0.4, -0.2) is 47.8 Å². The van der Waals surface area contributed by atoms with Crippen molar-refractivity contribution < 1.29 is 9.59 Å². The standard InChI is InChI=1S/C19H25ClN2O2/c20-17-9-4-8-16(14-17)19(24)22-11-5-10-21(12-13-22)18(23)15-6-2-1-3-7-15/h4,8-9,14-15H,1-3,5-7,10-13H2. The Labute approximate surface area is 148 Å². The summed E-state index contributed by atoms with van der Waals surface area (Å²) >= 11 is 5.99. The first-order valence-electron chi connectivity index (χ1n) is 8.99. The van der Waals surface area contributed by atoms with Gasteiger partial charge in [-0.2, -0.15) is 0 Å². The Kier molecular flexibility index (Phi) is 5.77. The van der Waals surface area contributed by atoms with E-state index in [-0.39, 0.29) is 11.8 Å². The molecule has 1 aromatic carbocycles. The average molecular weight is 349 g/mol. The second-order valence-corrected chi connectivity index (χ2v) is 7.25. The van der Waals surface area contributed by atoms with Gasteiger partial charge in [-0.05, 0) is 37.5 Å². The van der Waals surface area contributed by atoms with Crippen LogP contribution in [-0.2, 0) is 4.79 Å². The summed E-state index contributed by atoms with van der Waals surface area (Å²) in [6, 6.07) is 7.07. The van der Waals surface area contributed by atoms with Gasteiger partial charge in [0, 0.05) is 42.7 Å². The van der Waals surface area contributed by atoms with E-state index in [1.807, 2.05) is 9.80 Å². The summed E-state index contributed by atoms with van der Waals surface area (Å²) in [7, 11) is 0. The van der Waals surface area contributed by atoms with Crippen LogP contribution in [0.15, 0.2) is 24.3 Å². The summed E-state index contributed by atoms with van der Waals surface area (Å²) < 4.78 is 0. The SMILES string of the molecule is O=C(c1cccc(Cl)c1)N1CCCN(C(=O)C2CCCCC2)CC1. The lowest BCUT2D eigenvalue weighted by Gasteiger charge is -2.28. The lowest BCUT2D eigenvalue weighted by molar-refractivity contribution is -0.136. The number of hydrogen-bond donors (Lipinski definition) is 0. The predicted octanol–water partition coefficient (Wildman–Crippen LogP) is 3.59. The summed E-state index contributed by atoms with van der Waals surface area (Å²) in [5, 5.41) is 0.574. The van der Waals surface area contributed by atoms with Crippen LogP contribution >= 0.6 is 11.6 Å². The number of rotatable bonds is 2. The molecule has 1 saturated carbocycles. The van der Waals surface area contributed by atoms with Crippen LogP contribution in [0.1, 0.15) is 48.9 Å². The van der Waals surface area contributed by atoms with Gasteiger partial charge in [0.05, 0.1) is 0 Å². The third kappa shape index (κ3) is 4.10. The molecule has 2 aliphatic rings. The number of amides is 2. The largest absolute Gasteiger partial charge is 0.341 e. The lowest BCUT2D eigenvalue weighted by atomic mass is 9.88. The fraction of sp³-hybridized carbons (Fsp3) is 0.579. The fourth-order valence-electron chi connectivity index (χ4n) is 3.75. The highest BCUT2D eigenvalue weighted by atomic mass is 35.5. The Morgan fingerprint density at radius 2 is 1.62 bits per heavy atom. The van der Waals surface area contributed by atoms with E-state index in [0.29, 0.717) is 36.1 Å². The third-order valence-corrected chi connectivity index (χ3v) is 5.36. The number of hydrogen-bond acceptors (Lipinski definition) is 2. The molecular weight excluding hydrogens is 324 g/mol. The molecule has 0 unspecified atom stereocenters. The molecule has 0 aromatic heterocycles. The molecule has 1 aliphatic carbocycles. The van der Waals surface area contributed by atoms with Crippen LogP contribution in [0.2, 0.25) is 5.02 Å². The van der Waals surface area contributed by atoms with E-state index in [9.17, 15) is 9.59 Å². The van der Waals surface area contributed by atoms with Crippen molar-refractivity contribution in [3.05, 3.63) is 34.9 Å². The first-order valence-corrected chi connectivity index (χ1v) is 9.36. The van der Waals surface area contributed by atoms with Crippen LogP contribution in [0.4, 0.5) is 0 Å². The molecule has 1 saturated heterocycles. The highest BCUT2D eigenvalue weighted by molar-refractivity contribution is 6.30. The van der Waals surface area contributed by atoms with Crippen LogP contribution < -0.4 is 0 Å². The Hall–Kier alpha value is -1.55. The monoisotopic (exact) mass is 348 g/mol. The smallest absolute Gasteiger partial charge is 0.253 e. The van der Waals surface area contributed by atoms with Gasteiger partial charge in [0.25, 0.3) is 5.91 Å². The van der Waals surface area contributed by atoms with Gasteiger partial charge in [0.15, 0.2) is 0 Å². The molecule has 0 bridgehead atoms. The zero-order chi connectivity index (χ0) is 16.9. The van der Waals surface area contributed by atoms with Crippen molar-refractivity contribution in [2.45, 2.75) is 38.5 Å². The second kappa shape index (κ2) is 8.02. The Morgan fingerprint density at radius 3 is 2.38 bits per heavy atom. The van der Waals surface area contributed by atoms with Gasteiger partial charge in [0.2, 0.25) is 5.91 Å². The normalized spacial score (nSPS) is 19.9. The Morgan fingerprint density at radius 1 is 0.917 bits per heavy atom. The van der Waals surface area contributed by atoms with Gasteiger partial charge in [-0.3, -0.25) is 9.59 Å². The number of benzene rings is 1. The topological polar surface area (TPSA) is 40.6 Å². The third-order valence-electron chi connectivity index (χ3n) is 5.12. The van der Waals surface area contributed by atoms with E-state index in [0.717, 1.165) is 25.8 Å². The van der Waals surface area contributed by atoms with Crippen molar-refractivity contribution in [1.29, 1.82) is 0 Å². The molecule has 5 heteroatoms. The van der Waals surface area contributed by atoms with Crippen LogP contribution in [0.25, 0.3) is 0 Å². The van der Waals surface area contributed by atoms with Gasteiger partial charge >= 0.3 is 0 Å². The second-order valence-electron chi connectivity index (χ2n) is 6.82. The molecule has 2 amide bonds. The molecular formula is C19H25ClN2O2. The van der Waals surface area contributed by atoms with E-state index in [1.54, 1.807) is 24.3 Å². The van der Waals surface area contributed by atoms with E-state index in [2.05, 4.69) is 0 Å². The highest BCUT2D eigenvalue weighted by Gasteiger charge is 2.28.